The second-order valence-corrected chi connectivity index (χ2v) is 5.34. The fraction of sp³-hybridized carbons (Fsp3) is 0.158. The van der Waals surface area contributed by atoms with Crippen LogP contribution in [-0.2, 0) is 6.54 Å². The summed E-state index contributed by atoms with van der Waals surface area (Å²) in [5.74, 6) is 1.16. The minimum atomic E-state index is -0.209. The summed E-state index contributed by atoms with van der Waals surface area (Å²) < 4.78 is 12.3. The highest BCUT2D eigenvalue weighted by molar-refractivity contribution is 5.93. The number of imidazole rings is 1. The second kappa shape index (κ2) is 7.53. The third-order valence-corrected chi connectivity index (χ3v) is 3.84. The molecule has 0 aliphatic rings. The third-order valence-electron chi connectivity index (χ3n) is 3.84. The number of nitrogens with one attached hydrogen (secondary N) is 1. The van der Waals surface area contributed by atoms with Gasteiger partial charge in [-0.2, -0.15) is 0 Å². The molecule has 1 amide bonds. The van der Waals surface area contributed by atoms with Crippen molar-refractivity contribution in [2.75, 3.05) is 14.2 Å². The summed E-state index contributed by atoms with van der Waals surface area (Å²) in [6.45, 7) is 0.339. The zero-order valence-corrected chi connectivity index (χ0v) is 14.1. The normalized spacial score (nSPS) is 10.3. The number of methoxy groups -OCH3 is 2. The summed E-state index contributed by atoms with van der Waals surface area (Å²) in [7, 11) is 3.19. The quantitative estimate of drug-likeness (QED) is 0.751. The van der Waals surface area contributed by atoms with Gasteiger partial charge in [-0.25, -0.2) is 4.98 Å². The Bertz CT molecular complexity index is 859. The number of aromatic nitrogens is 2. The van der Waals surface area contributed by atoms with Crippen molar-refractivity contribution >= 4 is 5.91 Å². The van der Waals surface area contributed by atoms with E-state index in [1.54, 1.807) is 37.4 Å². The molecule has 0 atom stereocenters. The van der Waals surface area contributed by atoms with Crippen LogP contribution in [-0.4, -0.2) is 29.7 Å². The van der Waals surface area contributed by atoms with Gasteiger partial charge < -0.3 is 14.8 Å². The highest BCUT2D eigenvalue weighted by Gasteiger charge is 2.14. The minimum Gasteiger partial charge on any atom is -0.497 e. The molecule has 0 unspecified atom stereocenters. The van der Waals surface area contributed by atoms with E-state index in [1.807, 2.05) is 42.5 Å². The first-order chi connectivity index (χ1) is 12.2. The fourth-order valence-corrected chi connectivity index (χ4v) is 2.52. The lowest BCUT2D eigenvalue weighted by atomic mass is 10.2. The smallest absolute Gasteiger partial charge is 0.270 e. The Morgan fingerprint density at radius 1 is 1.12 bits per heavy atom. The Labute approximate surface area is 146 Å². The summed E-state index contributed by atoms with van der Waals surface area (Å²) in [5.41, 5.74) is 2.22. The van der Waals surface area contributed by atoms with Crippen LogP contribution >= 0.6 is 0 Å². The maximum Gasteiger partial charge on any atom is 0.270 e. The van der Waals surface area contributed by atoms with E-state index in [0.717, 1.165) is 11.3 Å². The van der Waals surface area contributed by atoms with Crippen molar-refractivity contribution in [3.05, 3.63) is 72.3 Å². The van der Waals surface area contributed by atoms with Crippen molar-refractivity contribution in [1.29, 1.82) is 0 Å². The number of rotatable bonds is 6. The molecule has 25 heavy (non-hydrogen) atoms. The van der Waals surface area contributed by atoms with E-state index < -0.39 is 0 Å². The van der Waals surface area contributed by atoms with Crippen LogP contribution in [0.15, 0.2) is 61.1 Å². The number of nitrogens with zero attached hydrogens (tertiary/aromatic N) is 2. The lowest BCUT2D eigenvalue weighted by Crippen LogP contribution is -2.25. The molecule has 0 aliphatic heterocycles. The topological polar surface area (TPSA) is 65.4 Å². The van der Waals surface area contributed by atoms with E-state index in [-0.39, 0.29) is 5.91 Å². The SMILES string of the molecule is COc1ccc(CNC(=O)c2cncn2-c2ccccc2)c(OC)c1. The van der Waals surface area contributed by atoms with Gasteiger partial charge in [0.25, 0.3) is 5.91 Å². The average Bonchev–Trinajstić information content (AvgIpc) is 3.16. The molecule has 128 valence electrons. The van der Waals surface area contributed by atoms with Gasteiger partial charge in [0.1, 0.15) is 17.2 Å². The lowest BCUT2D eigenvalue weighted by Gasteiger charge is -2.12. The number of carbonyl (C=O) groups is 1. The molecule has 0 spiro atoms. The highest BCUT2D eigenvalue weighted by Crippen LogP contribution is 2.24. The van der Waals surface area contributed by atoms with Crippen molar-refractivity contribution in [3.8, 4) is 17.2 Å². The Balaban J connectivity index is 1.75. The largest absolute Gasteiger partial charge is 0.497 e. The summed E-state index contributed by atoms with van der Waals surface area (Å²) in [4.78, 5) is 16.7. The number of amides is 1. The molecule has 1 heterocycles. The number of carbonyl (C=O) groups excluding carboxylic acids is 1. The molecule has 0 saturated carbocycles. The van der Waals surface area contributed by atoms with Gasteiger partial charge in [-0.15, -0.1) is 0 Å². The Hall–Kier alpha value is -3.28. The first-order valence-corrected chi connectivity index (χ1v) is 7.80. The molecule has 3 aromatic rings. The first-order valence-electron chi connectivity index (χ1n) is 7.80. The van der Waals surface area contributed by atoms with Gasteiger partial charge in [0.2, 0.25) is 0 Å². The zero-order chi connectivity index (χ0) is 17.6. The van der Waals surface area contributed by atoms with E-state index in [1.165, 1.54) is 0 Å². The molecule has 6 nitrogen and oxygen atoms in total. The monoisotopic (exact) mass is 337 g/mol. The lowest BCUT2D eigenvalue weighted by molar-refractivity contribution is 0.0944. The molecule has 1 aromatic heterocycles. The van der Waals surface area contributed by atoms with Gasteiger partial charge >= 0.3 is 0 Å². The predicted molar refractivity (Wildman–Crippen MR) is 94.3 cm³/mol. The van der Waals surface area contributed by atoms with Crippen LogP contribution < -0.4 is 14.8 Å². The van der Waals surface area contributed by atoms with Crippen molar-refractivity contribution in [2.45, 2.75) is 6.54 Å². The van der Waals surface area contributed by atoms with Crippen LogP contribution in [0.5, 0.6) is 11.5 Å². The number of para-hydroxylation sites is 1. The van der Waals surface area contributed by atoms with Gasteiger partial charge in [-0.3, -0.25) is 9.36 Å². The first kappa shape index (κ1) is 16.6. The molecular formula is C19H19N3O3. The molecule has 1 N–H and O–H groups in total. The summed E-state index contributed by atoms with van der Waals surface area (Å²) in [6.07, 6.45) is 3.17. The molecule has 0 bridgehead atoms. The maximum atomic E-state index is 12.6. The van der Waals surface area contributed by atoms with Crippen molar-refractivity contribution < 1.29 is 14.3 Å². The second-order valence-electron chi connectivity index (χ2n) is 5.34. The van der Waals surface area contributed by atoms with E-state index in [2.05, 4.69) is 10.3 Å². The standard InChI is InChI=1S/C19H19N3O3/c1-24-16-9-8-14(18(10-16)25-2)11-21-19(23)17-12-20-13-22(17)15-6-4-3-5-7-15/h3-10,12-13H,11H2,1-2H3,(H,21,23). The van der Waals surface area contributed by atoms with Crippen molar-refractivity contribution in [2.24, 2.45) is 0 Å². The van der Waals surface area contributed by atoms with E-state index in [4.69, 9.17) is 9.47 Å². The Morgan fingerprint density at radius 2 is 1.92 bits per heavy atom. The van der Waals surface area contributed by atoms with Gasteiger partial charge in [0, 0.05) is 23.9 Å². The number of hydrogen-bond acceptors (Lipinski definition) is 4. The summed E-state index contributed by atoms with van der Waals surface area (Å²) in [6, 6.07) is 15.1. The van der Waals surface area contributed by atoms with Crippen LogP contribution in [0.2, 0.25) is 0 Å². The zero-order valence-electron chi connectivity index (χ0n) is 14.1. The van der Waals surface area contributed by atoms with E-state index in [9.17, 15) is 4.79 Å². The van der Waals surface area contributed by atoms with Gasteiger partial charge in [0.05, 0.1) is 26.7 Å². The van der Waals surface area contributed by atoms with E-state index in [0.29, 0.717) is 23.7 Å². The fourth-order valence-electron chi connectivity index (χ4n) is 2.52. The van der Waals surface area contributed by atoms with Crippen LogP contribution in [0.3, 0.4) is 0 Å². The summed E-state index contributed by atoms with van der Waals surface area (Å²) >= 11 is 0. The average molecular weight is 337 g/mol. The van der Waals surface area contributed by atoms with Crippen LogP contribution in [0, 0.1) is 0 Å². The molecule has 0 saturated heterocycles. The number of hydrogen-bond donors (Lipinski definition) is 1. The van der Waals surface area contributed by atoms with Gasteiger partial charge in [-0.05, 0) is 24.3 Å². The summed E-state index contributed by atoms with van der Waals surface area (Å²) in [5, 5.41) is 2.90. The number of ether oxygens (including phenoxy) is 2. The van der Waals surface area contributed by atoms with Crippen molar-refractivity contribution in [1.82, 2.24) is 14.9 Å². The molecule has 6 heteroatoms. The predicted octanol–water partition coefficient (Wildman–Crippen LogP) is 2.82. The van der Waals surface area contributed by atoms with E-state index >= 15 is 0 Å². The highest BCUT2D eigenvalue weighted by atomic mass is 16.5. The molecule has 0 fully saturated rings. The maximum absolute atomic E-state index is 12.6. The van der Waals surface area contributed by atoms with Crippen molar-refractivity contribution in [3.63, 3.8) is 0 Å². The van der Waals surface area contributed by atoms with Crippen LogP contribution in [0.4, 0.5) is 0 Å². The molecule has 0 radical (unpaired) electrons. The molecule has 0 aliphatic carbocycles. The minimum absolute atomic E-state index is 0.209. The van der Waals surface area contributed by atoms with Crippen LogP contribution in [0.25, 0.3) is 5.69 Å². The molecule has 2 aromatic carbocycles. The molecular weight excluding hydrogens is 318 g/mol. The Kier molecular flexibility index (Phi) is 4.99. The number of benzene rings is 2. The van der Waals surface area contributed by atoms with Crippen LogP contribution in [0.1, 0.15) is 16.1 Å². The van der Waals surface area contributed by atoms with Gasteiger partial charge in [0.15, 0.2) is 0 Å². The van der Waals surface area contributed by atoms with Gasteiger partial charge in [-0.1, -0.05) is 18.2 Å². The Morgan fingerprint density at radius 3 is 2.64 bits per heavy atom. The molecule has 3 rings (SSSR count). The third kappa shape index (κ3) is 3.63.